The molecule has 3 heteroatoms. The zero-order valence-electron chi connectivity index (χ0n) is 12.3. The van der Waals surface area contributed by atoms with E-state index in [9.17, 15) is 0 Å². The van der Waals surface area contributed by atoms with Gasteiger partial charge >= 0.3 is 0 Å². The molecule has 2 N–H and O–H groups in total. The van der Waals surface area contributed by atoms with Crippen molar-refractivity contribution in [2.75, 3.05) is 6.61 Å². The maximum absolute atomic E-state index is 5.69. The smallest absolute Gasteiger partial charge is 0.128 e. The zero-order chi connectivity index (χ0) is 14.7. The number of aromatic nitrogens is 1. The Morgan fingerprint density at radius 1 is 1.00 bits per heavy atom. The minimum atomic E-state index is 0.588. The van der Waals surface area contributed by atoms with Gasteiger partial charge < -0.3 is 15.0 Å². The third kappa shape index (κ3) is 2.78. The van der Waals surface area contributed by atoms with Crippen molar-refractivity contribution in [1.29, 1.82) is 0 Å². The van der Waals surface area contributed by atoms with Gasteiger partial charge in [0.2, 0.25) is 0 Å². The van der Waals surface area contributed by atoms with Crippen LogP contribution in [-0.4, -0.2) is 11.2 Å². The summed E-state index contributed by atoms with van der Waals surface area (Å²) in [6, 6.07) is 16.8. The Kier molecular flexibility index (Phi) is 3.93. The molecule has 0 spiro atoms. The van der Waals surface area contributed by atoms with Gasteiger partial charge in [0.25, 0.3) is 0 Å². The van der Waals surface area contributed by atoms with Crippen LogP contribution in [0.3, 0.4) is 0 Å². The summed E-state index contributed by atoms with van der Waals surface area (Å²) in [5, 5.41) is 1.16. The van der Waals surface area contributed by atoms with E-state index in [0.29, 0.717) is 13.2 Å². The maximum atomic E-state index is 5.69. The first kappa shape index (κ1) is 13.7. The standard InChI is InChI=1S/C18H20N2O/c1-2-21-18-5-3-4-17-16(18)10-11-20(17)13-15-8-6-14(12-19)7-9-15/h3-11H,2,12-13,19H2,1H3. The quantitative estimate of drug-likeness (QED) is 0.776. The Morgan fingerprint density at radius 3 is 2.48 bits per heavy atom. The van der Waals surface area contributed by atoms with Crippen LogP contribution in [0.5, 0.6) is 5.75 Å². The Morgan fingerprint density at radius 2 is 1.76 bits per heavy atom. The molecule has 0 saturated heterocycles. The van der Waals surface area contributed by atoms with Gasteiger partial charge in [-0.25, -0.2) is 0 Å². The van der Waals surface area contributed by atoms with E-state index in [4.69, 9.17) is 10.5 Å². The molecule has 1 aromatic heterocycles. The molecule has 0 aliphatic carbocycles. The summed E-state index contributed by atoms with van der Waals surface area (Å²) < 4.78 is 7.93. The Hall–Kier alpha value is -2.26. The second-order valence-corrected chi connectivity index (χ2v) is 5.09. The fourth-order valence-electron chi connectivity index (χ4n) is 2.59. The van der Waals surface area contributed by atoms with Crippen molar-refractivity contribution in [3.8, 4) is 5.75 Å². The third-order valence-electron chi connectivity index (χ3n) is 3.69. The molecule has 3 aromatic rings. The highest BCUT2D eigenvalue weighted by Gasteiger charge is 2.06. The molecule has 0 atom stereocenters. The molecular weight excluding hydrogens is 260 g/mol. The number of rotatable bonds is 5. The van der Waals surface area contributed by atoms with Crippen LogP contribution in [0.25, 0.3) is 10.9 Å². The average molecular weight is 280 g/mol. The van der Waals surface area contributed by atoms with Gasteiger partial charge in [-0.1, -0.05) is 30.3 Å². The molecule has 21 heavy (non-hydrogen) atoms. The van der Waals surface area contributed by atoms with Crippen LogP contribution in [0.15, 0.2) is 54.7 Å². The fraction of sp³-hybridized carbons (Fsp3) is 0.222. The fourth-order valence-corrected chi connectivity index (χ4v) is 2.59. The third-order valence-corrected chi connectivity index (χ3v) is 3.69. The molecule has 0 aliphatic rings. The largest absolute Gasteiger partial charge is 0.493 e. The first-order valence-corrected chi connectivity index (χ1v) is 7.30. The van der Waals surface area contributed by atoms with E-state index in [0.717, 1.165) is 23.2 Å². The SMILES string of the molecule is CCOc1cccc2c1ccn2Cc1ccc(CN)cc1. The van der Waals surface area contributed by atoms with E-state index in [1.807, 2.05) is 19.1 Å². The van der Waals surface area contributed by atoms with Gasteiger partial charge in [0.15, 0.2) is 0 Å². The first-order valence-electron chi connectivity index (χ1n) is 7.30. The van der Waals surface area contributed by atoms with Crippen molar-refractivity contribution >= 4 is 10.9 Å². The van der Waals surface area contributed by atoms with Gasteiger partial charge in [-0.15, -0.1) is 0 Å². The zero-order valence-corrected chi connectivity index (χ0v) is 12.3. The highest BCUT2D eigenvalue weighted by Crippen LogP contribution is 2.27. The number of benzene rings is 2. The first-order chi connectivity index (χ1) is 10.3. The molecular formula is C18H20N2O. The molecule has 0 saturated carbocycles. The van der Waals surface area contributed by atoms with Crippen molar-refractivity contribution in [1.82, 2.24) is 4.57 Å². The van der Waals surface area contributed by atoms with Crippen LogP contribution in [-0.2, 0) is 13.1 Å². The molecule has 3 rings (SSSR count). The van der Waals surface area contributed by atoms with Crippen molar-refractivity contribution < 1.29 is 4.74 Å². The summed E-state index contributed by atoms with van der Waals surface area (Å²) in [4.78, 5) is 0. The molecule has 0 amide bonds. The summed E-state index contributed by atoms with van der Waals surface area (Å²) in [6.45, 7) is 4.13. The van der Waals surface area contributed by atoms with E-state index >= 15 is 0 Å². The van der Waals surface area contributed by atoms with E-state index in [2.05, 4.69) is 47.2 Å². The van der Waals surface area contributed by atoms with Crippen LogP contribution in [0, 0.1) is 0 Å². The lowest BCUT2D eigenvalue weighted by molar-refractivity contribution is 0.344. The summed E-state index contributed by atoms with van der Waals surface area (Å²) in [7, 11) is 0. The average Bonchev–Trinajstić information content (AvgIpc) is 2.93. The van der Waals surface area contributed by atoms with E-state index in [1.54, 1.807) is 0 Å². The van der Waals surface area contributed by atoms with Crippen LogP contribution < -0.4 is 10.5 Å². The molecule has 0 radical (unpaired) electrons. The number of fused-ring (bicyclic) bond motifs is 1. The second kappa shape index (κ2) is 6.02. The maximum Gasteiger partial charge on any atom is 0.128 e. The minimum absolute atomic E-state index is 0.588. The van der Waals surface area contributed by atoms with Gasteiger partial charge in [0.1, 0.15) is 5.75 Å². The molecule has 0 bridgehead atoms. The minimum Gasteiger partial charge on any atom is -0.493 e. The molecule has 108 valence electrons. The van der Waals surface area contributed by atoms with Crippen LogP contribution in [0.1, 0.15) is 18.1 Å². The predicted molar refractivity (Wildman–Crippen MR) is 86.5 cm³/mol. The van der Waals surface area contributed by atoms with E-state index < -0.39 is 0 Å². The lowest BCUT2D eigenvalue weighted by atomic mass is 10.1. The Bertz CT molecular complexity index is 729. The van der Waals surface area contributed by atoms with Crippen LogP contribution in [0.4, 0.5) is 0 Å². The van der Waals surface area contributed by atoms with Crippen molar-refractivity contribution in [2.45, 2.75) is 20.0 Å². The number of hydrogen-bond donors (Lipinski definition) is 1. The van der Waals surface area contributed by atoms with Gasteiger partial charge in [-0.2, -0.15) is 0 Å². The molecule has 0 unspecified atom stereocenters. The monoisotopic (exact) mass is 280 g/mol. The lowest BCUT2D eigenvalue weighted by Crippen LogP contribution is -2.00. The van der Waals surface area contributed by atoms with Gasteiger partial charge in [0.05, 0.1) is 12.1 Å². The van der Waals surface area contributed by atoms with Crippen molar-refractivity contribution in [3.63, 3.8) is 0 Å². The summed E-state index contributed by atoms with van der Waals surface area (Å²) in [6.07, 6.45) is 2.12. The molecule has 2 aromatic carbocycles. The molecule has 1 heterocycles. The summed E-state index contributed by atoms with van der Waals surface area (Å²) >= 11 is 0. The molecule has 0 aliphatic heterocycles. The number of hydrogen-bond acceptors (Lipinski definition) is 2. The highest BCUT2D eigenvalue weighted by molar-refractivity contribution is 5.86. The van der Waals surface area contributed by atoms with Crippen LogP contribution >= 0.6 is 0 Å². The second-order valence-electron chi connectivity index (χ2n) is 5.09. The Balaban J connectivity index is 1.91. The number of nitrogens with zero attached hydrogens (tertiary/aromatic N) is 1. The van der Waals surface area contributed by atoms with Gasteiger partial charge in [-0.05, 0) is 36.2 Å². The van der Waals surface area contributed by atoms with Gasteiger partial charge in [-0.3, -0.25) is 0 Å². The van der Waals surface area contributed by atoms with Crippen molar-refractivity contribution in [3.05, 3.63) is 65.9 Å². The lowest BCUT2D eigenvalue weighted by Gasteiger charge is -2.08. The van der Waals surface area contributed by atoms with E-state index in [-0.39, 0.29) is 0 Å². The summed E-state index contributed by atoms with van der Waals surface area (Å²) in [5.41, 5.74) is 9.27. The highest BCUT2D eigenvalue weighted by atomic mass is 16.5. The number of ether oxygens (including phenoxy) is 1. The topological polar surface area (TPSA) is 40.2 Å². The van der Waals surface area contributed by atoms with Crippen molar-refractivity contribution in [2.24, 2.45) is 5.73 Å². The van der Waals surface area contributed by atoms with E-state index in [1.165, 1.54) is 11.1 Å². The predicted octanol–water partition coefficient (Wildman–Crippen LogP) is 3.55. The number of nitrogens with two attached hydrogens (primary N) is 1. The van der Waals surface area contributed by atoms with Gasteiger partial charge in [0, 0.05) is 24.7 Å². The molecule has 0 fully saturated rings. The normalized spacial score (nSPS) is 11.0. The van der Waals surface area contributed by atoms with Crippen LogP contribution in [0.2, 0.25) is 0 Å². The Labute approximate surface area is 125 Å². The molecule has 3 nitrogen and oxygen atoms in total. The summed E-state index contributed by atoms with van der Waals surface area (Å²) in [5.74, 6) is 0.951.